The predicted molar refractivity (Wildman–Crippen MR) is 133 cm³/mol. The highest BCUT2D eigenvalue weighted by atomic mass is 127. The van der Waals surface area contributed by atoms with Gasteiger partial charge in [-0.25, -0.2) is 4.79 Å². The molecule has 0 aliphatic carbocycles. The lowest BCUT2D eigenvalue weighted by molar-refractivity contribution is 0.0877. The Bertz CT molecular complexity index is 819. The number of benzene rings is 1. The molecule has 11 nitrogen and oxygen atoms in total. The highest BCUT2D eigenvalue weighted by Gasteiger charge is 2.33. The number of anilines is 1. The van der Waals surface area contributed by atoms with E-state index in [1.54, 1.807) is 45.2 Å². The van der Waals surface area contributed by atoms with Crippen LogP contribution >= 0.6 is 67.8 Å². The van der Waals surface area contributed by atoms with E-state index in [-0.39, 0.29) is 40.7 Å². The standard InChI is InChI=1S/C16H21I3N4O7/c1-6(27)23(16(20)30)13-11(18)8(14(28)21-2-3-24)10(17)9(12(13)19)15(29)22-7(4-25)5-26/h6-7,24-27H,2-5H2,1H3,(H2,20,30)(H,21,28)(H,22,29). The van der Waals surface area contributed by atoms with Gasteiger partial charge in [-0.3, -0.25) is 14.5 Å². The minimum atomic E-state index is -1.36. The van der Waals surface area contributed by atoms with E-state index in [0.717, 1.165) is 4.90 Å². The van der Waals surface area contributed by atoms with Crippen LogP contribution < -0.4 is 21.3 Å². The van der Waals surface area contributed by atoms with Gasteiger partial charge < -0.3 is 36.8 Å². The van der Waals surface area contributed by atoms with Crippen molar-refractivity contribution in [2.75, 3.05) is 31.3 Å². The molecule has 0 bridgehead atoms. The quantitative estimate of drug-likeness (QED) is 0.131. The number of carbonyl (C=O) groups excluding carboxylic acids is 3. The molecule has 1 unspecified atom stereocenters. The Hall–Kier alpha value is -0.540. The first kappa shape index (κ1) is 27.5. The van der Waals surface area contributed by atoms with Crippen LogP contribution in [0.15, 0.2) is 0 Å². The summed E-state index contributed by atoms with van der Waals surface area (Å²) in [7, 11) is 0. The summed E-state index contributed by atoms with van der Waals surface area (Å²) in [6, 6.07) is -1.94. The molecule has 0 spiro atoms. The van der Waals surface area contributed by atoms with Crippen molar-refractivity contribution in [3.63, 3.8) is 0 Å². The second-order valence-corrected chi connectivity index (χ2v) is 9.13. The van der Waals surface area contributed by atoms with E-state index in [1.165, 1.54) is 6.92 Å². The lowest BCUT2D eigenvalue weighted by atomic mass is 10.1. The molecule has 1 aromatic rings. The molecular weight excluding hydrogens is 741 g/mol. The number of primary amides is 1. The number of nitrogens with one attached hydrogen (secondary N) is 2. The van der Waals surface area contributed by atoms with Gasteiger partial charge in [0.15, 0.2) is 0 Å². The molecule has 168 valence electrons. The Kier molecular flexibility index (Phi) is 11.4. The van der Waals surface area contributed by atoms with Crippen molar-refractivity contribution in [3.05, 3.63) is 21.8 Å². The minimum absolute atomic E-state index is 0.000403. The summed E-state index contributed by atoms with van der Waals surface area (Å²) in [5.41, 5.74) is 5.52. The molecule has 0 fully saturated rings. The highest BCUT2D eigenvalue weighted by Crippen LogP contribution is 2.38. The number of hydrogen-bond donors (Lipinski definition) is 7. The fourth-order valence-corrected chi connectivity index (χ4v) is 7.07. The molecule has 0 aliphatic heterocycles. The van der Waals surface area contributed by atoms with Crippen molar-refractivity contribution >= 4 is 91.3 Å². The van der Waals surface area contributed by atoms with Crippen LogP contribution in [0.5, 0.6) is 0 Å². The van der Waals surface area contributed by atoms with E-state index in [9.17, 15) is 29.7 Å². The molecule has 1 rings (SSSR count). The molecule has 14 heteroatoms. The number of nitrogens with two attached hydrogens (primary N) is 1. The van der Waals surface area contributed by atoms with E-state index in [4.69, 9.17) is 10.8 Å². The Labute approximate surface area is 213 Å². The van der Waals surface area contributed by atoms with Gasteiger partial charge in [0.25, 0.3) is 11.8 Å². The maximum atomic E-state index is 12.9. The summed E-state index contributed by atoms with van der Waals surface area (Å²) in [5.74, 6) is -1.32. The number of halogens is 3. The van der Waals surface area contributed by atoms with E-state index in [2.05, 4.69) is 10.6 Å². The molecule has 0 aliphatic rings. The summed E-state index contributed by atoms with van der Waals surface area (Å²) in [6.07, 6.45) is -1.36. The molecule has 0 aromatic heterocycles. The summed E-state index contributed by atoms with van der Waals surface area (Å²) in [5, 5.41) is 42.6. The third-order valence-corrected chi connectivity index (χ3v) is 6.95. The summed E-state index contributed by atoms with van der Waals surface area (Å²) in [4.78, 5) is 38.5. The topological polar surface area (TPSA) is 185 Å². The largest absolute Gasteiger partial charge is 0.395 e. The third kappa shape index (κ3) is 6.25. The maximum absolute atomic E-state index is 12.9. The Morgan fingerprint density at radius 3 is 1.90 bits per heavy atom. The monoisotopic (exact) mass is 762 g/mol. The van der Waals surface area contributed by atoms with E-state index < -0.39 is 43.3 Å². The van der Waals surface area contributed by atoms with Gasteiger partial charge in [-0.2, -0.15) is 0 Å². The van der Waals surface area contributed by atoms with Crippen LogP contribution in [0, 0.1) is 10.7 Å². The summed E-state index contributed by atoms with van der Waals surface area (Å²) >= 11 is 5.42. The van der Waals surface area contributed by atoms with Gasteiger partial charge in [-0.05, 0) is 74.7 Å². The van der Waals surface area contributed by atoms with Gasteiger partial charge in [0, 0.05) is 10.1 Å². The Morgan fingerprint density at radius 2 is 1.50 bits per heavy atom. The number of hydrogen-bond acceptors (Lipinski definition) is 7. The predicted octanol–water partition coefficient (Wildman–Crippen LogP) is -0.471. The number of rotatable bonds is 9. The second-order valence-electron chi connectivity index (χ2n) is 5.90. The number of aliphatic hydroxyl groups excluding tert-OH is 4. The molecular formula is C16H21I3N4O7. The van der Waals surface area contributed by atoms with Crippen LogP contribution in [0.4, 0.5) is 10.5 Å². The molecule has 0 heterocycles. The molecule has 0 saturated heterocycles. The van der Waals surface area contributed by atoms with Crippen molar-refractivity contribution in [2.45, 2.75) is 19.2 Å². The van der Waals surface area contributed by atoms with Gasteiger partial charge in [-0.15, -0.1) is 0 Å². The number of nitrogens with zero attached hydrogens (tertiary/aromatic N) is 1. The SMILES string of the molecule is CC(O)N(C(N)=O)c1c(I)c(C(=O)NCCO)c(I)c(C(=O)NC(CO)CO)c1I. The van der Waals surface area contributed by atoms with Gasteiger partial charge >= 0.3 is 6.03 Å². The molecule has 8 N–H and O–H groups in total. The first-order chi connectivity index (χ1) is 14.0. The normalized spacial score (nSPS) is 11.9. The van der Waals surface area contributed by atoms with Crippen molar-refractivity contribution in [3.8, 4) is 0 Å². The van der Waals surface area contributed by atoms with Crippen molar-refractivity contribution in [1.29, 1.82) is 0 Å². The zero-order valence-corrected chi connectivity index (χ0v) is 22.1. The van der Waals surface area contributed by atoms with E-state index in [0.29, 0.717) is 0 Å². The van der Waals surface area contributed by atoms with E-state index >= 15 is 0 Å². The number of amides is 4. The fourth-order valence-electron chi connectivity index (χ4n) is 2.41. The van der Waals surface area contributed by atoms with Crippen molar-refractivity contribution < 1.29 is 34.8 Å². The van der Waals surface area contributed by atoms with Crippen LogP contribution in [-0.4, -0.2) is 76.9 Å². The number of carbonyl (C=O) groups is 3. The molecule has 1 aromatic carbocycles. The first-order valence-corrected chi connectivity index (χ1v) is 11.7. The van der Waals surface area contributed by atoms with Crippen LogP contribution in [0.2, 0.25) is 0 Å². The highest BCUT2D eigenvalue weighted by molar-refractivity contribution is 14.1. The Morgan fingerprint density at radius 1 is 1.00 bits per heavy atom. The average Bonchev–Trinajstić information content (AvgIpc) is 2.66. The van der Waals surface area contributed by atoms with Gasteiger partial charge in [0.1, 0.15) is 6.23 Å². The average molecular weight is 762 g/mol. The van der Waals surface area contributed by atoms with Crippen molar-refractivity contribution in [1.82, 2.24) is 10.6 Å². The number of urea groups is 1. The van der Waals surface area contributed by atoms with Gasteiger partial charge in [0.05, 0.1) is 49.8 Å². The van der Waals surface area contributed by atoms with E-state index in [1.807, 2.05) is 22.6 Å². The second kappa shape index (κ2) is 12.5. The smallest absolute Gasteiger partial charge is 0.321 e. The van der Waals surface area contributed by atoms with Crippen LogP contribution in [-0.2, 0) is 0 Å². The fraction of sp³-hybridized carbons (Fsp3) is 0.438. The zero-order chi connectivity index (χ0) is 23.2. The summed E-state index contributed by atoms with van der Waals surface area (Å²) in [6.45, 7) is -0.0805. The van der Waals surface area contributed by atoms with Gasteiger partial charge in [0.2, 0.25) is 0 Å². The third-order valence-electron chi connectivity index (χ3n) is 3.77. The maximum Gasteiger partial charge on any atom is 0.321 e. The molecule has 1 atom stereocenters. The van der Waals surface area contributed by atoms with Crippen LogP contribution in [0.1, 0.15) is 27.6 Å². The lowest BCUT2D eigenvalue weighted by Gasteiger charge is -2.29. The first-order valence-electron chi connectivity index (χ1n) is 8.42. The van der Waals surface area contributed by atoms with Crippen LogP contribution in [0.3, 0.4) is 0 Å². The van der Waals surface area contributed by atoms with Crippen molar-refractivity contribution in [2.24, 2.45) is 5.73 Å². The molecule has 0 radical (unpaired) electrons. The van der Waals surface area contributed by atoms with Crippen LogP contribution in [0.25, 0.3) is 0 Å². The zero-order valence-electron chi connectivity index (χ0n) is 15.7. The lowest BCUT2D eigenvalue weighted by Crippen LogP contribution is -2.45. The Balaban J connectivity index is 3.83. The number of aliphatic hydroxyl groups is 4. The van der Waals surface area contributed by atoms with Gasteiger partial charge in [-0.1, -0.05) is 0 Å². The summed E-state index contributed by atoms with van der Waals surface area (Å²) < 4.78 is 0.726. The molecule has 30 heavy (non-hydrogen) atoms. The minimum Gasteiger partial charge on any atom is -0.395 e. The molecule has 0 saturated carbocycles. The molecule has 4 amide bonds.